The molecule has 4 nitrogen and oxygen atoms in total. The van der Waals surface area contributed by atoms with Gasteiger partial charge in [0.25, 0.3) is 0 Å². The van der Waals surface area contributed by atoms with E-state index in [1.165, 1.54) is 12.1 Å². The normalized spacial score (nSPS) is 18.6. The summed E-state index contributed by atoms with van der Waals surface area (Å²) >= 11 is 5.72. The van der Waals surface area contributed by atoms with Crippen molar-refractivity contribution in [3.63, 3.8) is 0 Å². The molecule has 1 amide bonds. The molecule has 1 fully saturated rings. The monoisotopic (exact) mass is 331 g/mol. The van der Waals surface area contributed by atoms with Crippen LogP contribution < -0.4 is 10.1 Å². The number of halogens is 5. The van der Waals surface area contributed by atoms with Crippen LogP contribution in [0.25, 0.3) is 0 Å². The molecule has 1 N–H and O–H groups in total. The maximum atomic E-state index is 12.1. The number of rotatable bonds is 2. The maximum absolute atomic E-state index is 12.1. The lowest BCUT2D eigenvalue weighted by atomic mass is 10.0. The van der Waals surface area contributed by atoms with E-state index >= 15 is 0 Å². The van der Waals surface area contributed by atoms with Gasteiger partial charge in [0.1, 0.15) is 5.75 Å². The second-order valence-corrected chi connectivity index (χ2v) is 4.27. The molecule has 1 aromatic rings. The van der Waals surface area contributed by atoms with E-state index < -0.39 is 18.2 Å². The topological polar surface area (TPSA) is 47.6 Å². The molecule has 0 unspecified atom stereocenters. The fourth-order valence-corrected chi connectivity index (χ4v) is 1.94. The Morgan fingerprint density at radius 1 is 1.40 bits per heavy atom. The third kappa shape index (κ3) is 4.35. The number of benzene rings is 1. The van der Waals surface area contributed by atoms with Crippen LogP contribution in [0.15, 0.2) is 18.2 Å². The zero-order chi connectivity index (χ0) is 14.0. The molecule has 1 saturated heterocycles. The predicted octanol–water partition coefficient (Wildman–Crippen LogP) is 3.83. The van der Waals surface area contributed by atoms with Gasteiger partial charge in [-0.3, -0.25) is 0 Å². The van der Waals surface area contributed by atoms with E-state index in [-0.39, 0.29) is 30.1 Å². The standard InChI is InChI=1S/C11H9ClF3NO3.ClH/c12-7-5-6(8-3-4-18-10(17)16-8)1-2-9(7)19-11(13,14)15;/h1-2,5,8H,3-4H2,(H,16,17);1H/t8-;/m0./s1. The quantitative estimate of drug-likeness (QED) is 0.895. The second-order valence-electron chi connectivity index (χ2n) is 3.86. The van der Waals surface area contributed by atoms with E-state index in [9.17, 15) is 18.0 Å². The molecule has 0 aliphatic carbocycles. The summed E-state index contributed by atoms with van der Waals surface area (Å²) in [7, 11) is 0. The number of ether oxygens (including phenoxy) is 2. The lowest BCUT2D eigenvalue weighted by molar-refractivity contribution is -0.274. The van der Waals surface area contributed by atoms with Gasteiger partial charge in [-0.1, -0.05) is 17.7 Å². The van der Waals surface area contributed by atoms with Gasteiger partial charge in [0.15, 0.2) is 0 Å². The third-order valence-corrected chi connectivity index (χ3v) is 2.81. The minimum atomic E-state index is -4.79. The average molecular weight is 332 g/mol. The summed E-state index contributed by atoms with van der Waals surface area (Å²) in [6.07, 6.45) is -4.84. The molecule has 1 aliphatic rings. The minimum Gasteiger partial charge on any atom is -0.449 e. The summed E-state index contributed by atoms with van der Waals surface area (Å²) in [4.78, 5) is 11.0. The number of hydrogen-bond acceptors (Lipinski definition) is 3. The lowest BCUT2D eigenvalue weighted by Gasteiger charge is -2.24. The van der Waals surface area contributed by atoms with Gasteiger partial charge in [-0.05, 0) is 17.7 Å². The molecule has 0 bridgehead atoms. The minimum absolute atomic E-state index is 0. The largest absolute Gasteiger partial charge is 0.573 e. The summed E-state index contributed by atoms with van der Waals surface area (Å²) in [5.41, 5.74) is 0.594. The van der Waals surface area contributed by atoms with Crippen molar-refractivity contribution >= 4 is 30.1 Å². The Labute approximate surface area is 123 Å². The molecule has 112 valence electrons. The van der Waals surface area contributed by atoms with Crippen LogP contribution in [0.4, 0.5) is 18.0 Å². The molecule has 9 heteroatoms. The number of alkyl carbamates (subject to hydrolysis) is 1. The molecule has 20 heavy (non-hydrogen) atoms. The van der Waals surface area contributed by atoms with Crippen molar-refractivity contribution in [1.29, 1.82) is 0 Å². The molecule has 0 aromatic heterocycles. The van der Waals surface area contributed by atoms with Gasteiger partial charge in [-0.25, -0.2) is 4.79 Å². The van der Waals surface area contributed by atoms with E-state index in [1.807, 2.05) is 0 Å². The number of alkyl halides is 3. The molecule has 1 heterocycles. The molecule has 1 aliphatic heterocycles. The highest BCUT2D eigenvalue weighted by Gasteiger charge is 2.32. The van der Waals surface area contributed by atoms with Crippen molar-refractivity contribution in [2.24, 2.45) is 0 Å². The van der Waals surface area contributed by atoms with Crippen molar-refractivity contribution in [2.75, 3.05) is 6.61 Å². The summed E-state index contributed by atoms with van der Waals surface area (Å²) in [6, 6.07) is 3.54. The van der Waals surface area contributed by atoms with Crippen LogP contribution in [0.5, 0.6) is 5.75 Å². The van der Waals surface area contributed by atoms with Gasteiger partial charge < -0.3 is 14.8 Å². The number of carbonyl (C=O) groups excluding carboxylic acids is 1. The Morgan fingerprint density at radius 3 is 2.65 bits per heavy atom. The van der Waals surface area contributed by atoms with Crippen molar-refractivity contribution < 1.29 is 27.4 Å². The van der Waals surface area contributed by atoms with Crippen molar-refractivity contribution in [2.45, 2.75) is 18.8 Å². The summed E-state index contributed by atoms with van der Waals surface area (Å²) in [6.45, 7) is 0.245. The van der Waals surface area contributed by atoms with Crippen molar-refractivity contribution in [3.8, 4) is 5.75 Å². The summed E-state index contributed by atoms with van der Waals surface area (Å²) in [5.74, 6) is -0.476. The first kappa shape index (κ1) is 16.7. The number of amides is 1. The zero-order valence-corrected chi connectivity index (χ0v) is 11.4. The van der Waals surface area contributed by atoms with Crippen LogP contribution >= 0.6 is 24.0 Å². The number of cyclic esters (lactones) is 1. The highest BCUT2D eigenvalue weighted by molar-refractivity contribution is 6.32. The summed E-state index contributed by atoms with van der Waals surface area (Å²) in [5, 5.41) is 2.37. The third-order valence-electron chi connectivity index (χ3n) is 2.52. The van der Waals surface area contributed by atoms with Crippen molar-refractivity contribution in [3.05, 3.63) is 28.8 Å². The molecular weight excluding hydrogens is 322 g/mol. The first-order valence-electron chi connectivity index (χ1n) is 5.33. The lowest BCUT2D eigenvalue weighted by Crippen LogP contribution is -2.35. The fourth-order valence-electron chi connectivity index (χ4n) is 1.72. The van der Waals surface area contributed by atoms with Crippen LogP contribution in [-0.2, 0) is 4.74 Å². The molecular formula is C11H10Cl2F3NO3. The highest BCUT2D eigenvalue weighted by atomic mass is 35.5. The van der Waals surface area contributed by atoms with Crippen LogP contribution in [0.3, 0.4) is 0 Å². The van der Waals surface area contributed by atoms with Gasteiger partial charge in [0.2, 0.25) is 0 Å². The number of carbonyl (C=O) groups is 1. The van der Waals surface area contributed by atoms with Gasteiger partial charge in [-0.15, -0.1) is 25.6 Å². The summed E-state index contributed by atoms with van der Waals surface area (Å²) < 4.78 is 44.7. The van der Waals surface area contributed by atoms with E-state index in [1.54, 1.807) is 0 Å². The first-order chi connectivity index (χ1) is 8.85. The van der Waals surface area contributed by atoms with E-state index in [0.717, 1.165) is 6.07 Å². The van der Waals surface area contributed by atoms with Crippen LogP contribution in [0.1, 0.15) is 18.0 Å². The zero-order valence-electron chi connectivity index (χ0n) is 9.87. The molecule has 0 saturated carbocycles. The average Bonchev–Trinajstić information content (AvgIpc) is 2.30. The first-order valence-corrected chi connectivity index (χ1v) is 5.71. The van der Waals surface area contributed by atoms with E-state index in [4.69, 9.17) is 16.3 Å². The Bertz CT molecular complexity index is 496. The van der Waals surface area contributed by atoms with Gasteiger partial charge in [0.05, 0.1) is 17.7 Å². The molecule has 0 spiro atoms. The molecule has 1 atom stereocenters. The van der Waals surface area contributed by atoms with Crippen molar-refractivity contribution in [1.82, 2.24) is 5.32 Å². The smallest absolute Gasteiger partial charge is 0.449 e. The Kier molecular flexibility index (Phi) is 5.35. The molecule has 1 aromatic carbocycles. The highest BCUT2D eigenvalue weighted by Crippen LogP contribution is 2.33. The number of hydrogen-bond donors (Lipinski definition) is 1. The Balaban J connectivity index is 0.00000200. The molecule has 2 rings (SSSR count). The Hall–Kier alpha value is -1.34. The predicted molar refractivity (Wildman–Crippen MR) is 67.2 cm³/mol. The van der Waals surface area contributed by atoms with E-state index in [2.05, 4.69) is 10.1 Å². The van der Waals surface area contributed by atoms with E-state index in [0.29, 0.717) is 12.0 Å². The van der Waals surface area contributed by atoms with Gasteiger partial charge in [0, 0.05) is 6.42 Å². The van der Waals surface area contributed by atoms with Gasteiger partial charge >= 0.3 is 12.5 Å². The van der Waals surface area contributed by atoms with Crippen LogP contribution in [0.2, 0.25) is 5.02 Å². The second kappa shape index (κ2) is 6.41. The Morgan fingerprint density at radius 2 is 2.10 bits per heavy atom. The van der Waals surface area contributed by atoms with Gasteiger partial charge in [-0.2, -0.15) is 0 Å². The number of nitrogens with one attached hydrogen (secondary N) is 1. The maximum Gasteiger partial charge on any atom is 0.573 e. The SMILES string of the molecule is Cl.O=C1N[C@H](c2ccc(OC(F)(F)F)c(Cl)c2)CCO1. The fraction of sp³-hybridized carbons (Fsp3) is 0.364. The molecule has 0 radical (unpaired) electrons. The van der Waals surface area contributed by atoms with Crippen LogP contribution in [0, 0.1) is 0 Å². The van der Waals surface area contributed by atoms with Crippen LogP contribution in [-0.4, -0.2) is 19.1 Å².